The Balaban J connectivity index is 1.63. The van der Waals surface area contributed by atoms with E-state index in [1.54, 1.807) is 25.2 Å². The Morgan fingerprint density at radius 2 is 1.71 bits per heavy atom. The van der Waals surface area contributed by atoms with Crippen LogP contribution in [0.3, 0.4) is 0 Å². The first kappa shape index (κ1) is 14.7. The Morgan fingerprint density at radius 3 is 2.54 bits per heavy atom. The van der Waals surface area contributed by atoms with E-state index in [1.807, 2.05) is 48.5 Å². The van der Waals surface area contributed by atoms with Crippen LogP contribution in [0.2, 0.25) is 0 Å². The number of hydrogen-bond acceptors (Lipinski definition) is 3. The van der Waals surface area contributed by atoms with Crippen molar-refractivity contribution < 1.29 is 14.6 Å². The summed E-state index contributed by atoms with van der Waals surface area (Å²) in [6.45, 7) is -0.0232. The zero-order chi connectivity index (χ0) is 16.7. The van der Waals surface area contributed by atoms with Crippen LogP contribution in [-0.2, 0) is 5.72 Å². The van der Waals surface area contributed by atoms with Gasteiger partial charge in [0.15, 0.2) is 0 Å². The van der Waals surface area contributed by atoms with Crippen molar-refractivity contribution in [2.24, 2.45) is 0 Å². The largest absolute Gasteiger partial charge is 0.488 e. The number of aliphatic hydroxyl groups is 1. The molecular weight excluding hydrogens is 302 g/mol. The minimum atomic E-state index is -1.46. The van der Waals surface area contributed by atoms with Crippen LogP contribution in [0, 0.1) is 0 Å². The van der Waals surface area contributed by atoms with Gasteiger partial charge >= 0.3 is 0 Å². The van der Waals surface area contributed by atoms with E-state index < -0.39 is 5.72 Å². The Labute approximate surface area is 139 Å². The predicted molar refractivity (Wildman–Crippen MR) is 91.9 cm³/mol. The number of nitrogens with zero attached hydrogens (tertiary/aromatic N) is 1. The molecule has 1 aliphatic heterocycles. The van der Waals surface area contributed by atoms with Gasteiger partial charge in [0.05, 0.1) is 0 Å². The van der Waals surface area contributed by atoms with E-state index in [9.17, 15) is 9.90 Å². The highest BCUT2D eigenvalue weighted by Gasteiger charge is 2.47. The van der Waals surface area contributed by atoms with Gasteiger partial charge in [0.25, 0.3) is 5.91 Å². The molecule has 0 aromatic heterocycles. The third kappa shape index (κ3) is 2.15. The summed E-state index contributed by atoms with van der Waals surface area (Å²) in [6, 6.07) is 20.9. The molecular formula is C20H17NO3. The van der Waals surface area contributed by atoms with Gasteiger partial charge < -0.3 is 14.7 Å². The summed E-state index contributed by atoms with van der Waals surface area (Å²) in [5.41, 5.74) is -0.359. The van der Waals surface area contributed by atoms with Crippen molar-refractivity contribution in [3.8, 4) is 5.75 Å². The van der Waals surface area contributed by atoms with Gasteiger partial charge in [-0.2, -0.15) is 0 Å². The number of rotatable bonds is 3. The molecule has 0 aliphatic carbocycles. The van der Waals surface area contributed by atoms with Crippen molar-refractivity contribution in [1.29, 1.82) is 0 Å². The number of carbonyl (C=O) groups is 1. The van der Waals surface area contributed by atoms with Crippen LogP contribution in [0.1, 0.15) is 15.9 Å². The summed E-state index contributed by atoms with van der Waals surface area (Å²) < 4.78 is 5.83. The van der Waals surface area contributed by atoms with Crippen LogP contribution in [0.4, 0.5) is 0 Å². The monoisotopic (exact) mass is 319 g/mol. The summed E-state index contributed by atoms with van der Waals surface area (Å²) >= 11 is 0. The number of ether oxygens (including phenoxy) is 1. The zero-order valence-electron chi connectivity index (χ0n) is 13.3. The Hall–Kier alpha value is -2.85. The molecule has 3 aromatic rings. The fourth-order valence-corrected chi connectivity index (χ4v) is 3.16. The molecule has 0 fully saturated rings. The number of carbonyl (C=O) groups excluding carboxylic acids is 1. The maximum atomic E-state index is 12.3. The van der Waals surface area contributed by atoms with Gasteiger partial charge in [-0.3, -0.25) is 4.79 Å². The highest BCUT2D eigenvalue weighted by molar-refractivity contribution is 5.99. The number of hydrogen-bond donors (Lipinski definition) is 1. The first-order valence-electron chi connectivity index (χ1n) is 7.81. The molecule has 1 unspecified atom stereocenters. The number of benzene rings is 3. The van der Waals surface area contributed by atoms with E-state index in [0.717, 1.165) is 10.8 Å². The third-order valence-electron chi connectivity index (χ3n) is 4.61. The Kier molecular flexibility index (Phi) is 3.28. The van der Waals surface area contributed by atoms with Crippen LogP contribution < -0.4 is 4.74 Å². The SMILES string of the molecule is CN1C(=O)c2ccccc2C1(O)COc1ccc2ccccc2c1. The lowest BCUT2D eigenvalue weighted by atomic mass is 10.0. The van der Waals surface area contributed by atoms with Gasteiger partial charge in [-0.05, 0) is 29.0 Å². The lowest BCUT2D eigenvalue weighted by Gasteiger charge is -2.31. The Bertz CT molecular complexity index is 937. The van der Waals surface area contributed by atoms with Crippen LogP contribution in [-0.4, -0.2) is 29.6 Å². The maximum Gasteiger partial charge on any atom is 0.256 e. The minimum absolute atomic E-state index is 0.0232. The molecule has 1 heterocycles. The average Bonchev–Trinajstić information content (AvgIpc) is 2.82. The fraction of sp³-hybridized carbons (Fsp3) is 0.150. The summed E-state index contributed by atoms with van der Waals surface area (Å²) in [5, 5.41) is 13.2. The number of likely N-dealkylation sites (N-methyl/N-ethyl adjacent to an activating group) is 1. The highest BCUT2D eigenvalue weighted by Crippen LogP contribution is 2.36. The summed E-state index contributed by atoms with van der Waals surface area (Å²) in [4.78, 5) is 13.6. The molecule has 0 saturated carbocycles. The molecule has 24 heavy (non-hydrogen) atoms. The van der Waals surface area contributed by atoms with Crippen molar-refractivity contribution >= 4 is 16.7 Å². The molecule has 0 saturated heterocycles. The van der Waals surface area contributed by atoms with E-state index in [2.05, 4.69) is 0 Å². The van der Waals surface area contributed by atoms with Gasteiger partial charge in [-0.1, -0.05) is 48.5 Å². The lowest BCUT2D eigenvalue weighted by molar-refractivity contribution is -0.100. The topological polar surface area (TPSA) is 49.8 Å². The maximum absolute atomic E-state index is 12.3. The second-order valence-electron chi connectivity index (χ2n) is 6.02. The predicted octanol–water partition coefficient (Wildman–Crippen LogP) is 3.15. The second kappa shape index (κ2) is 5.35. The van der Waals surface area contributed by atoms with Crippen molar-refractivity contribution in [2.75, 3.05) is 13.7 Å². The molecule has 1 atom stereocenters. The van der Waals surface area contributed by atoms with E-state index in [4.69, 9.17) is 4.74 Å². The second-order valence-corrected chi connectivity index (χ2v) is 6.02. The number of amides is 1. The van der Waals surface area contributed by atoms with Crippen LogP contribution in [0.15, 0.2) is 66.7 Å². The van der Waals surface area contributed by atoms with E-state index in [0.29, 0.717) is 16.9 Å². The fourth-order valence-electron chi connectivity index (χ4n) is 3.16. The van der Waals surface area contributed by atoms with E-state index >= 15 is 0 Å². The molecule has 1 aliphatic rings. The van der Waals surface area contributed by atoms with E-state index in [-0.39, 0.29) is 12.5 Å². The van der Waals surface area contributed by atoms with E-state index in [1.165, 1.54) is 4.90 Å². The van der Waals surface area contributed by atoms with Gasteiger partial charge in [0.2, 0.25) is 5.72 Å². The van der Waals surface area contributed by atoms with Crippen LogP contribution >= 0.6 is 0 Å². The standard InChI is InChI=1S/C20H17NO3/c1-21-19(22)17-8-4-5-9-18(17)20(21,23)13-24-16-11-10-14-6-2-3-7-15(14)12-16/h2-12,23H,13H2,1H3. The third-order valence-corrected chi connectivity index (χ3v) is 4.61. The molecule has 0 spiro atoms. The van der Waals surface area contributed by atoms with Gasteiger partial charge in [-0.25, -0.2) is 0 Å². The first-order chi connectivity index (χ1) is 11.6. The molecule has 4 rings (SSSR count). The summed E-state index contributed by atoms with van der Waals surface area (Å²) in [6.07, 6.45) is 0. The van der Waals surface area contributed by atoms with Crippen LogP contribution in [0.25, 0.3) is 10.8 Å². The molecule has 4 nitrogen and oxygen atoms in total. The lowest BCUT2D eigenvalue weighted by Crippen LogP contribution is -2.45. The summed E-state index contributed by atoms with van der Waals surface area (Å²) in [7, 11) is 1.59. The molecule has 1 N–H and O–H groups in total. The molecule has 4 heteroatoms. The van der Waals surface area contributed by atoms with Gasteiger partial charge in [0, 0.05) is 18.2 Å². The molecule has 1 amide bonds. The highest BCUT2D eigenvalue weighted by atomic mass is 16.5. The van der Waals surface area contributed by atoms with Crippen molar-refractivity contribution in [2.45, 2.75) is 5.72 Å². The molecule has 120 valence electrons. The van der Waals surface area contributed by atoms with Gasteiger partial charge in [0.1, 0.15) is 12.4 Å². The van der Waals surface area contributed by atoms with Gasteiger partial charge in [-0.15, -0.1) is 0 Å². The number of fused-ring (bicyclic) bond motifs is 2. The first-order valence-corrected chi connectivity index (χ1v) is 7.81. The zero-order valence-corrected chi connectivity index (χ0v) is 13.3. The van der Waals surface area contributed by atoms with Crippen molar-refractivity contribution in [3.05, 3.63) is 77.9 Å². The molecule has 0 radical (unpaired) electrons. The Morgan fingerprint density at radius 1 is 1.00 bits per heavy atom. The summed E-state index contributed by atoms with van der Waals surface area (Å²) in [5.74, 6) is 0.461. The normalized spacial score (nSPS) is 19.6. The van der Waals surface area contributed by atoms with Crippen molar-refractivity contribution in [3.63, 3.8) is 0 Å². The van der Waals surface area contributed by atoms with Crippen molar-refractivity contribution in [1.82, 2.24) is 4.90 Å². The van der Waals surface area contributed by atoms with Crippen LogP contribution in [0.5, 0.6) is 5.75 Å². The average molecular weight is 319 g/mol. The smallest absolute Gasteiger partial charge is 0.256 e. The molecule has 3 aromatic carbocycles. The quantitative estimate of drug-likeness (QED) is 0.807. The molecule has 0 bridgehead atoms. The minimum Gasteiger partial charge on any atom is -0.488 e.